The maximum absolute atomic E-state index is 12.9. The monoisotopic (exact) mass is 466 g/mol. The third-order valence-electron chi connectivity index (χ3n) is 3.91. The number of pyridine rings is 2. The van der Waals surface area contributed by atoms with Gasteiger partial charge in [0.2, 0.25) is 11.8 Å². The highest BCUT2D eigenvalue weighted by Crippen LogP contribution is 2.31. The average Bonchev–Trinajstić information content (AvgIpc) is 2.74. The number of aromatic nitrogens is 2. The highest BCUT2D eigenvalue weighted by atomic mass is 32.2. The van der Waals surface area contributed by atoms with Gasteiger partial charge in [-0.15, -0.1) is 0 Å². The third-order valence-corrected chi connectivity index (χ3v) is 5.35. The van der Waals surface area contributed by atoms with Crippen LogP contribution in [0.2, 0.25) is 0 Å². The van der Waals surface area contributed by atoms with E-state index in [0.29, 0.717) is 0 Å². The van der Waals surface area contributed by atoms with Crippen molar-refractivity contribution in [1.82, 2.24) is 9.97 Å². The van der Waals surface area contributed by atoms with Crippen LogP contribution in [0.15, 0.2) is 66.0 Å². The quantitative estimate of drug-likeness (QED) is 0.569. The van der Waals surface area contributed by atoms with Crippen LogP contribution in [0.3, 0.4) is 0 Å². The van der Waals surface area contributed by atoms with Gasteiger partial charge in [-0.3, -0.25) is 9.59 Å². The molecule has 1 aromatic carbocycles. The van der Waals surface area contributed by atoms with Gasteiger partial charge in [-0.2, -0.15) is 13.2 Å². The van der Waals surface area contributed by atoms with E-state index in [9.17, 15) is 31.2 Å². The zero-order valence-corrected chi connectivity index (χ0v) is 16.6. The van der Waals surface area contributed by atoms with E-state index < -0.39 is 37.7 Å². The van der Waals surface area contributed by atoms with Crippen molar-refractivity contribution in [3.8, 4) is 11.6 Å². The third kappa shape index (κ3) is 4.83. The molecule has 0 saturated heterocycles. The normalized spacial score (nSPS) is 11.6. The van der Waals surface area contributed by atoms with E-state index in [1.807, 2.05) is 0 Å². The Hall–Kier alpha value is -4.00. The topological polar surface area (TPSA) is 141 Å². The second kappa shape index (κ2) is 8.63. The fourth-order valence-electron chi connectivity index (χ4n) is 2.43. The summed E-state index contributed by atoms with van der Waals surface area (Å²) in [7, 11) is -5.84. The lowest BCUT2D eigenvalue weighted by Crippen LogP contribution is -2.27. The van der Waals surface area contributed by atoms with Crippen molar-refractivity contribution >= 4 is 27.3 Å². The number of amides is 2. The smallest absolute Gasteiger partial charge is 0.439 e. The lowest BCUT2D eigenvalue weighted by atomic mass is 10.2. The molecule has 166 valence electrons. The van der Waals surface area contributed by atoms with E-state index >= 15 is 0 Å². The molecule has 0 bridgehead atoms. The number of hydrogen-bond acceptors (Lipinski definition) is 7. The van der Waals surface area contributed by atoms with Gasteiger partial charge in [0.1, 0.15) is 5.75 Å². The Balaban J connectivity index is 1.78. The van der Waals surface area contributed by atoms with Gasteiger partial charge in [-0.05, 0) is 36.4 Å². The first-order chi connectivity index (χ1) is 15.0. The molecule has 0 unspecified atom stereocenters. The highest BCUT2D eigenvalue weighted by molar-refractivity contribution is 7.92. The lowest BCUT2D eigenvalue weighted by Gasteiger charge is -2.12. The molecule has 0 saturated carbocycles. The molecule has 0 radical (unpaired) electrons. The van der Waals surface area contributed by atoms with Crippen LogP contribution in [0.25, 0.3) is 0 Å². The highest BCUT2D eigenvalue weighted by Gasteiger charge is 2.49. The molecule has 9 nitrogen and oxygen atoms in total. The number of nitrogens with zero attached hydrogens (tertiary/aromatic N) is 2. The van der Waals surface area contributed by atoms with Crippen molar-refractivity contribution < 1.29 is 35.9 Å². The molecule has 13 heteroatoms. The van der Waals surface area contributed by atoms with Gasteiger partial charge < -0.3 is 15.8 Å². The molecule has 0 aliphatic rings. The Morgan fingerprint density at radius 1 is 1.03 bits per heavy atom. The van der Waals surface area contributed by atoms with E-state index in [1.54, 1.807) is 12.1 Å². The van der Waals surface area contributed by atoms with Gasteiger partial charge >= 0.3 is 5.51 Å². The number of carbonyl (C=O) groups excluding carboxylic acids is 2. The van der Waals surface area contributed by atoms with Crippen molar-refractivity contribution in [2.45, 2.75) is 10.5 Å². The fraction of sp³-hybridized carbons (Fsp3) is 0.0526. The Morgan fingerprint density at radius 2 is 1.78 bits per heavy atom. The molecular weight excluding hydrogens is 453 g/mol. The first-order valence-corrected chi connectivity index (χ1v) is 10.1. The van der Waals surface area contributed by atoms with Gasteiger partial charge in [0, 0.05) is 17.8 Å². The molecule has 2 heterocycles. The summed E-state index contributed by atoms with van der Waals surface area (Å²) in [6, 6.07) is 10.7. The zero-order valence-electron chi connectivity index (χ0n) is 15.8. The average molecular weight is 466 g/mol. The number of hydrogen-bond donors (Lipinski definition) is 2. The first kappa shape index (κ1) is 22.7. The van der Waals surface area contributed by atoms with Crippen molar-refractivity contribution in [1.29, 1.82) is 0 Å². The minimum Gasteiger partial charge on any atom is -0.439 e. The molecule has 32 heavy (non-hydrogen) atoms. The largest absolute Gasteiger partial charge is 0.503 e. The van der Waals surface area contributed by atoms with Crippen LogP contribution >= 0.6 is 0 Å². The second-order valence-corrected chi connectivity index (χ2v) is 8.00. The molecule has 0 aliphatic heterocycles. The molecule has 0 spiro atoms. The number of rotatable bonds is 6. The Labute approximate surface area is 179 Å². The summed E-state index contributed by atoms with van der Waals surface area (Å²) in [5.41, 5.74) is -0.946. The standard InChI is InChI=1S/C19H13F3N4O5S/c20-19(21,22)32(29,30)18-14(5-2-8-24-18)17(28)26-12-6-7-15(25-10-12)31-13-4-1-3-11(9-13)16(23)27/h1-10H,(H2,23,27)(H,26,28). The number of sulfone groups is 1. The summed E-state index contributed by atoms with van der Waals surface area (Å²) in [5.74, 6) is -1.44. The molecule has 3 rings (SSSR count). The zero-order chi connectivity index (χ0) is 23.5. The van der Waals surface area contributed by atoms with Gasteiger partial charge in [0.15, 0.2) is 5.03 Å². The SMILES string of the molecule is NC(=O)c1cccc(Oc2ccc(NC(=O)c3cccnc3S(=O)(=O)C(F)(F)F)cn2)c1. The molecule has 2 amide bonds. The Bertz CT molecular complexity index is 1280. The van der Waals surface area contributed by atoms with Crippen molar-refractivity contribution in [3.05, 3.63) is 72.1 Å². The maximum atomic E-state index is 12.9. The number of benzene rings is 1. The number of anilines is 1. The molecule has 2 aromatic heterocycles. The summed E-state index contributed by atoms with van der Waals surface area (Å²) in [6.45, 7) is 0. The van der Waals surface area contributed by atoms with E-state index in [4.69, 9.17) is 10.5 Å². The minimum absolute atomic E-state index is 0.0486. The molecule has 3 aromatic rings. The molecule has 3 N–H and O–H groups in total. The Morgan fingerprint density at radius 3 is 2.41 bits per heavy atom. The predicted octanol–water partition coefficient (Wildman–Crippen LogP) is 2.91. The first-order valence-electron chi connectivity index (χ1n) is 8.60. The molecule has 0 fully saturated rings. The van der Waals surface area contributed by atoms with Crippen LogP contribution < -0.4 is 15.8 Å². The summed E-state index contributed by atoms with van der Waals surface area (Å²) >= 11 is 0. The summed E-state index contributed by atoms with van der Waals surface area (Å²) in [4.78, 5) is 30.8. The van der Waals surface area contributed by atoms with E-state index in [2.05, 4.69) is 15.3 Å². The van der Waals surface area contributed by atoms with Crippen molar-refractivity contribution in [3.63, 3.8) is 0 Å². The summed E-state index contributed by atoms with van der Waals surface area (Å²) in [5, 5.41) is 0.837. The van der Waals surface area contributed by atoms with E-state index in [1.165, 1.54) is 24.3 Å². The number of halogens is 3. The van der Waals surface area contributed by atoms with Crippen LogP contribution in [-0.4, -0.2) is 35.7 Å². The Kier molecular flexibility index (Phi) is 6.11. The molecule has 0 atom stereocenters. The van der Waals surface area contributed by atoms with Gasteiger partial charge in [-0.25, -0.2) is 18.4 Å². The minimum atomic E-state index is -5.84. The summed E-state index contributed by atoms with van der Waals surface area (Å²) in [6.07, 6.45) is 1.97. The van der Waals surface area contributed by atoms with Crippen molar-refractivity contribution in [2.75, 3.05) is 5.32 Å². The van der Waals surface area contributed by atoms with Gasteiger partial charge in [0.25, 0.3) is 15.7 Å². The fourth-order valence-corrected chi connectivity index (χ4v) is 3.30. The van der Waals surface area contributed by atoms with E-state index in [0.717, 1.165) is 24.5 Å². The number of nitrogens with two attached hydrogens (primary N) is 1. The van der Waals surface area contributed by atoms with Gasteiger partial charge in [-0.1, -0.05) is 6.07 Å². The maximum Gasteiger partial charge on any atom is 0.503 e. The number of primary amides is 1. The summed E-state index contributed by atoms with van der Waals surface area (Å²) < 4.78 is 67.5. The van der Waals surface area contributed by atoms with Gasteiger partial charge in [0.05, 0.1) is 17.4 Å². The number of nitrogens with one attached hydrogen (secondary N) is 1. The molecule has 0 aliphatic carbocycles. The number of ether oxygens (including phenoxy) is 1. The van der Waals surface area contributed by atoms with Crippen LogP contribution in [-0.2, 0) is 9.84 Å². The second-order valence-electron chi connectivity index (χ2n) is 6.14. The van der Waals surface area contributed by atoms with Crippen LogP contribution in [0.1, 0.15) is 20.7 Å². The van der Waals surface area contributed by atoms with E-state index in [-0.39, 0.29) is 22.9 Å². The van der Waals surface area contributed by atoms with Crippen LogP contribution in [0, 0.1) is 0 Å². The van der Waals surface area contributed by atoms with Crippen molar-refractivity contribution in [2.24, 2.45) is 5.73 Å². The van der Waals surface area contributed by atoms with Crippen LogP contribution in [0.4, 0.5) is 18.9 Å². The number of alkyl halides is 3. The molecular formula is C19H13F3N4O5S. The predicted molar refractivity (Wildman–Crippen MR) is 105 cm³/mol. The van der Waals surface area contributed by atoms with Crippen LogP contribution in [0.5, 0.6) is 11.6 Å². The number of carbonyl (C=O) groups is 2. The lowest BCUT2D eigenvalue weighted by molar-refractivity contribution is -0.0438.